The van der Waals surface area contributed by atoms with Crippen molar-refractivity contribution in [2.75, 3.05) is 42.7 Å². The Bertz CT molecular complexity index is 1370. The summed E-state index contributed by atoms with van der Waals surface area (Å²) < 4.78 is 11.0. The fourth-order valence-electron chi connectivity index (χ4n) is 4.83. The van der Waals surface area contributed by atoms with Gasteiger partial charge in [0.2, 0.25) is 0 Å². The standard InChI is InChI=1S/C26H25N5O3/c1-2-34-26(32)17-5-3-6-18(13-17)31-15-19-16-33-12-11-30(19)25-23(31)14-28-24(29-25)21-7-4-8-22-20(21)9-10-27-22/h3-10,13-14,19,27H,2,11-12,15-16H2,1H3/t19-/m1/s1. The molecule has 1 fully saturated rings. The molecule has 8 nitrogen and oxygen atoms in total. The van der Waals surface area contributed by atoms with Gasteiger partial charge < -0.3 is 24.3 Å². The molecule has 2 aromatic heterocycles. The molecule has 2 aliphatic heterocycles. The van der Waals surface area contributed by atoms with E-state index < -0.39 is 0 Å². The number of carbonyl (C=O) groups is 1. The molecule has 2 aromatic carbocycles. The number of benzene rings is 2. The number of H-pyrrole nitrogens is 1. The van der Waals surface area contributed by atoms with Crippen LogP contribution >= 0.6 is 0 Å². The van der Waals surface area contributed by atoms with E-state index in [4.69, 9.17) is 19.4 Å². The third-order valence-electron chi connectivity index (χ3n) is 6.44. The zero-order valence-electron chi connectivity index (χ0n) is 18.9. The van der Waals surface area contributed by atoms with E-state index in [9.17, 15) is 4.79 Å². The monoisotopic (exact) mass is 455 g/mol. The summed E-state index contributed by atoms with van der Waals surface area (Å²) in [5.41, 5.74) is 4.40. The summed E-state index contributed by atoms with van der Waals surface area (Å²) in [5, 5.41) is 1.09. The molecular formula is C26H25N5O3. The van der Waals surface area contributed by atoms with Gasteiger partial charge in [-0.15, -0.1) is 0 Å². The van der Waals surface area contributed by atoms with E-state index in [1.54, 1.807) is 6.07 Å². The Labute approximate surface area is 197 Å². The summed E-state index contributed by atoms with van der Waals surface area (Å²) >= 11 is 0. The van der Waals surface area contributed by atoms with E-state index in [1.165, 1.54) is 0 Å². The van der Waals surface area contributed by atoms with Crippen molar-refractivity contribution in [1.29, 1.82) is 0 Å². The molecule has 4 heterocycles. The van der Waals surface area contributed by atoms with Gasteiger partial charge in [0.25, 0.3) is 0 Å². The number of hydrogen-bond donors (Lipinski definition) is 1. The second-order valence-electron chi connectivity index (χ2n) is 8.45. The molecule has 172 valence electrons. The molecule has 2 aliphatic rings. The first-order chi connectivity index (χ1) is 16.7. The number of anilines is 3. The number of nitrogens with zero attached hydrogens (tertiary/aromatic N) is 4. The number of aromatic nitrogens is 3. The molecule has 1 atom stereocenters. The lowest BCUT2D eigenvalue weighted by atomic mass is 10.1. The van der Waals surface area contributed by atoms with Gasteiger partial charge >= 0.3 is 5.97 Å². The SMILES string of the molecule is CCOC(=O)c1cccc(N2C[C@@H]3COCCN3c3nc(-c4cccc5[nH]ccc45)ncc32)c1. The highest BCUT2D eigenvalue weighted by molar-refractivity contribution is 5.94. The normalized spacial score (nSPS) is 17.4. The van der Waals surface area contributed by atoms with Gasteiger partial charge in [0.1, 0.15) is 5.69 Å². The largest absolute Gasteiger partial charge is 0.462 e. The van der Waals surface area contributed by atoms with Gasteiger partial charge in [0.15, 0.2) is 11.6 Å². The first-order valence-corrected chi connectivity index (χ1v) is 11.6. The number of ether oxygens (including phenoxy) is 2. The van der Waals surface area contributed by atoms with Crippen molar-refractivity contribution in [3.63, 3.8) is 0 Å². The molecule has 4 aromatic rings. The Balaban J connectivity index is 1.46. The molecule has 0 bridgehead atoms. The summed E-state index contributed by atoms with van der Waals surface area (Å²) in [6, 6.07) is 15.9. The van der Waals surface area contributed by atoms with Crippen LogP contribution in [-0.4, -0.2) is 59.9 Å². The number of aromatic amines is 1. The van der Waals surface area contributed by atoms with Crippen LogP contribution in [0, 0.1) is 0 Å². The smallest absolute Gasteiger partial charge is 0.338 e. The zero-order valence-corrected chi connectivity index (χ0v) is 18.9. The molecule has 1 N–H and O–H groups in total. The Morgan fingerprint density at radius 1 is 1.24 bits per heavy atom. The minimum absolute atomic E-state index is 0.151. The molecule has 0 spiro atoms. The molecule has 0 radical (unpaired) electrons. The van der Waals surface area contributed by atoms with Crippen LogP contribution in [0.3, 0.4) is 0 Å². The third kappa shape index (κ3) is 3.47. The molecule has 0 amide bonds. The summed E-state index contributed by atoms with van der Waals surface area (Å²) in [7, 11) is 0. The Kier molecular flexibility index (Phi) is 5.15. The minimum Gasteiger partial charge on any atom is -0.462 e. The first-order valence-electron chi connectivity index (χ1n) is 11.6. The van der Waals surface area contributed by atoms with Crippen LogP contribution < -0.4 is 9.80 Å². The molecule has 34 heavy (non-hydrogen) atoms. The van der Waals surface area contributed by atoms with Gasteiger partial charge in [-0.05, 0) is 37.3 Å². The van der Waals surface area contributed by atoms with Crippen molar-refractivity contribution in [3.8, 4) is 11.4 Å². The van der Waals surface area contributed by atoms with Crippen molar-refractivity contribution in [2.24, 2.45) is 0 Å². The van der Waals surface area contributed by atoms with Gasteiger partial charge in [-0.25, -0.2) is 14.8 Å². The molecule has 1 saturated heterocycles. The van der Waals surface area contributed by atoms with Crippen molar-refractivity contribution in [1.82, 2.24) is 15.0 Å². The van der Waals surface area contributed by atoms with Crippen molar-refractivity contribution in [3.05, 3.63) is 66.5 Å². The maximum Gasteiger partial charge on any atom is 0.338 e. The number of rotatable bonds is 4. The van der Waals surface area contributed by atoms with E-state index >= 15 is 0 Å². The highest BCUT2D eigenvalue weighted by Gasteiger charge is 2.35. The van der Waals surface area contributed by atoms with Crippen LogP contribution in [0.15, 0.2) is 60.9 Å². The fourth-order valence-corrected chi connectivity index (χ4v) is 4.83. The predicted molar refractivity (Wildman–Crippen MR) is 131 cm³/mol. The van der Waals surface area contributed by atoms with Gasteiger partial charge in [-0.1, -0.05) is 18.2 Å². The number of nitrogens with one attached hydrogen (secondary N) is 1. The van der Waals surface area contributed by atoms with Gasteiger partial charge in [-0.2, -0.15) is 0 Å². The number of hydrogen-bond acceptors (Lipinski definition) is 7. The molecule has 8 heteroatoms. The van der Waals surface area contributed by atoms with Crippen LogP contribution in [0.1, 0.15) is 17.3 Å². The maximum absolute atomic E-state index is 12.3. The van der Waals surface area contributed by atoms with E-state index in [0.29, 0.717) is 31.2 Å². The Morgan fingerprint density at radius 2 is 2.15 bits per heavy atom. The van der Waals surface area contributed by atoms with Gasteiger partial charge in [0, 0.05) is 41.4 Å². The summed E-state index contributed by atoms with van der Waals surface area (Å²) in [6.07, 6.45) is 3.83. The fraction of sp³-hybridized carbons (Fsp3) is 0.269. The highest BCUT2D eigenvalue weighted by Crippen LogP contribution is 2.40. The summed E-state index contributed by atoms with van der Waals surface area (Å²) in [6.45, 7) is 4.94. The van der Waals surface area contributed by atoms with Crippen molar-refractivity contribution >= 4 is 34.1 Å². The van der Waals surface area contributed by atoms with Crippen LogP contribution in [-0.2, 0) is 9.47 Å². The van der Waals surface area contributed by atoms with Crippen LogP contribution in [0.25, 0.3) is 22.3 Å². The average Bonchev–Trinajstić information content (AvgIpc) is 3.37. The number of carbonyl (C=O) groups excluding carboxylic acids is 1. The van der Waals surface area contributed by atoms with E-state index in [0.717, 1.165) is 46.7 Å². The average molecular weight is 456 g/mol. The summed E-state index contributed by atoms with van der Waals surface area (Å²) in [5.74, 6) is 1.25. The summed E-state index contributed by atoms with van der Waals surface area (Å²) in [4.78, 5) is 30.0. The number of esters is 1. The highest BCUT2D eigenvalue weighted by atomic mass is 16.5. The molecule has 0 aliphatic carbocycles. The zero-order chi connectivity index (χ0) is 23.1. The topological polar surface area (TPSA) is 83.6 Å². The Hall–Kier alpha value is -3.91. The second-order valence-corrected chi connectivity index (χ2v) is 8.45. The van der Waals surface area contributed by atoms with Gasteiger partial charge in [-0.3, -0.25) is 0 Å². The van der Waals surface area contributed by atoms with Crippen LogP contribution in [0.2, 0.25) is 0 Å². The van der Waals surface area contributed by atoms with Crippen molar-refractivity contribution < 1.29 is 14.3 Å². The number of morpholine rings is 1. The van der Waals surface area contributed by atoms with E-state index in [2.05, 4.69) is 26.9 Å². The van der Waals surface area contributed by atoms with E-state index in [-0.39, 0.29) is 12.0 Å². The second kappa shape index (κ2) is 8.46. The first kappa shape index (κ1) is 20.7. The lowest BCUT2D eigenvalue weighted by molar-refractivity contribution is 0.0526. The molecular weight excluding hydrogens is 430 g/mol. The maximum atomic E-state index is 12.3. The minimum atomic E-state index is -0.324. The Morgan fingerprint density at radius 3 is 3.06 bits per heavy atom. The lowest BCUT2D eigenvalue weighted by Gasteiger charge is -2.45. The van der Waals surface area contributed by atoms with Crippen LogP contribution in [0.4, 0.5) is 17.2 Å². The van der Waals surface area contributed by atoms with Crippen molar-refractivity contribution in [2.45, 2.75) is 13.0 Å². The lowest BCUT2D eigenvalue weighted by Crippen LogP contribution is -2.54. The third-order valence-corrected chi connectivity index (χ3v) is 6.44. The number of fused-ring (bicyclic) bond motifs is 4. The van der Waals surface area contributed by atoms with Crippen LogP contribution in [0.5, 0.6) is 0 Å². The van der Waals surface area contributed by atoms with E-state index in [1.807, 2.05) is 49.6 Å². The molecule has 6 rings (SSSR count). The predicted octanol–water partition coefficient (Wildman–Crippen LogP) is 4.16. The quantitative estimate of drug-likeness (QED) is 0.463. The molecule has 0 saturated carbocycles. The van der Waals surface area contributed by atoms with Gasteiger partial charge in [0.05, 0.1) is 37.6 Å². The molecule has 0 unspecified atom stereocenters.